The van der Waals surface area contributed by atoms with Gasteiger partial charge in [-0.15, -0.1) is 0 Å². The van der Waals surface area contributed by atoms with E-state index in [1.54, 1.807) is 25.2 Å². The molecule has 0 atom stereocenters. The molecule has 0 saturated carbocycles. The first-order valence-corrected chi connectivity index (χ1v) is 6.05. The molecule has 5 nitrogen and oxygen atoms in total. The van der Waals surface area contributed by atoms with Crippen molar-refractivity contribution in [2.75, 3.05) is 20.7 Å². The lowest BCUT2D eigenvalue weighted by molar-refractivity contribution is -0.137. The molecule has 0 aliphatic carbocycles. The summed E-state index contributed by atoms with van der Waals surface area (Å²) in [5.41, 5.74) is 0.411. The highest BCUT2D eigenvalue weighted by molar-refractivity contribution is 9.10. The third-order valence-electron chi connectivity index (χ3n) is 2.40. The number of carbonyl (C=O) groups excluding carboxylic acids is 1. The number of carboxylic acids is 1. The lowest BCUT2D eigenvalue weighted by atomic mass is 10.1. The fraction of sp³-hybridized carbons (Fsp3) is 0.333. The lowest BCUT2D eigenvalue weighted by Gasteiger charge is -2.17. The van der Waals surface area contributed by atoms with Crippen LogP contribution in [0.4, 0.5) is 0 Å². The highest BCUT2D eigenvalue weighted by atomic mass is 79.9. The van der Waals surface area contributed by atoms with Gasteiger partial charge in [0.1, 0.15) is 5.75 Å². The van der Waals surface area contributed by atoms with Gasteiger partial charge in [0, 0.05) is 18.1 Å². The summed E-state index contributed by atoms with van der Waals surface area (Å²) in [6.45, 7) is 0.160. The van der Waals surface area contributed by atoms with Crippen LogP contribution in [-0.2, 0) is 4.79 Å². The Morgan fingerprint density at radius 3 is 2.67 bits per heavy atom. The van der Waals surface area contributed by atoms with Gasteiger partial charge < -0.3 is 14.7 Å². The highest BCUT2D eigenvalue weighted by Crippen LogP contribution is 2.24. The van der Waals surface area contributed by atoms with E-state index < -0.39 is 5.97 Å². The van der Waals surface area contributed by atoms with E-state index in [4.69, 9.17) is 9.84 Å². The van der Waals surface area contributed by atoms with Crippen LogP contribution in [0.5, 0.6) is 5.75 Å². The van der Waals surface area contributed by atoms with Crippen molar-refractivity contribution in [3.8, 4) is 5.75 Å². The number of benzene rings is 1. The van der Waals surface area contributed by atoms with Crippen LogP contribution in [0.25, 0.3) is 0 Å². The number of methoxy groups -OCH3 is 1. The normalized spacial score (nSPS) is 9.94. The van der Waals surface area contributed by atoms with E-state index in [1.165, 1.54) is 12.0 Å². The van der Waals surface area contributed by atoms with E-state index in [2.05, 4.69) is 15.9 Å². The van der Waals surface area contributed by atoms with E-state index >= 15 is 0 Å². The zero-order chi connectivity index (χ0) is 13.7. The predicted octanol–water partition coefficient (Wildman–Crippen LogP) is 2.00. The minimum absolute atomic E-state index is 0.0823. The quantitative estimate of drug-likeness (QED) is 0.902. The van der Waals surface area contributed by atoms with Gasteiger partial charge in [0.15, 0.2) is 0 Å². The summed E-state index contributed by atoms with van der Waals surface area (Å²) in [6.07, 6.45) is -0.0823. The molecule has 1 rings (SSSR count). The number of ether oxygens (including phenoxy) is 1. The smallest absolute Gasteiger partial charge is 0.305 e. The molecule has 1 N–H and O–H groups in total. The van der Waals surface area contributed by atoms with Crippen molar-refractivity contribution in [2.45, 2.75) is 6.42 Å². The summed E-state index contributed by atoms with van der Waals surface area (Å²) >= 11 is 3.29. The molecular formula is C12H14BrNO4. The van der Waals surface area contributed by atoms with Gasteiger partial charge in [-0.2, -0.15) is 0 Å². The highest BCUT2D eigenvalue weighted by Gasteiger charge is 2.17. The zero-order valence-electron chi connectivity index (χ0n) is 10.1. The molecule has 0 aromatic heterocycles. The average molecular weight is 316 g/mol. The van der Waals surface area contributed by atoms with Gasteiger partial charge in [-0.3, -0.25) is 9.59 Å². The van der Waals surface area contributed by atoms with Gasteiger partial charge >= 0.3 is 5.97 Å². The second-order valence-electron chi connectivity index (χ2n) is 3.72. The Kier molecular flexibility index (Phi) is 5.15. The number of amides is 1. The summed E-state index contributed by atoms with van der Waals surface area (Å²) in [7, 11) is 3.04. The van der Waals surface area contributed by atoms with Crippen molar-refractivity contribution < 1.29 is 19.4 Å². The van der Waals surface area contributed by atoms with E-state index in [0.717, 1.165) is 4.47 Å². The first-order chi connectivity index (χ1) is 8.45. The van der Waals surface area contributed by atoms with Crippen LogP contribution in [0, 0.1) is 0 Å². The van der Waals surface area contributed by atoms with Crippen LogP contribution in [0.1, 0.15) is 16.8 Å². The molecule has 0 saturated heterocycles. The summed E-state index contributed by atoms with van der Waals surface area (Å²) < 4.78 is 5.94. The van der Waals surface area contributed by atoms with Crippen LogP contribution >= 0.6 is 15.9 Å². The molecule has 0 bridgehead atoms. The molecule has 0 aliphatic heterocycles. The van der Waals surface area contributed by atoms with Crippen molar-refractivity contribution in [1.29, 1.82) is 0 Å². The molecule has 0 aliphatic rings. The van der Waals surface area contributed by atoms with Gasteiger partial charge in [-0.1, -0.05) is 15.9 Å². The number of rotatable bonds is 5. The number of hydrogen-bond donors (Lipinski definition) is 1. The number of carboxylic acid groups (broad SMARTS) is 1. The Labute approximate surface area is 113 Å². The SMILES string of the molecule is COc1cc(Br)ccc1C(=O)N(C)CCC(=O)O. The van der Waals surface area contributed by atoms with Gasteiger partial charge in [-0.25, -0.2) is 0 Å². The third-order valence-corrected chi connectivity index (χ3v) is 2.90. The van der Waals surface area contributed by atoms with E-state index in [0.29, 0.717) is 11.3 Å². The van der Waals surface area contributed by atoms with Crippen molar-refractivity contribution in [3.63, 3.8) is 0 Å². The molecule has 0 heterocycles. The number of aliphatic carboxylic acids is 1. The van der Waals surface area contributed by atoms with Crippen molar-refractivity contribution in [3.05, 3.63) is 28.2 Å². The Balaban J connectivity index is 2.86. The number of halogens is 1. The molecule has 18 heavy (non-hydrogen) atoms. The maximum atomic E-state index is 12.1. The van der Waals surface area contributed by atoms with Crippen LogP contribution in [0.3, 0.4) is 0 Å². The van der Waals surface area contributed by atoms with Crippen LogP contribution in [0.2, 0.25) is 0 Å². The molecule has 6 heteroatoms. The minimum Gasteiger partial charge on any atom is -0.496 e. The van der Waals surface area contributed by atoms with Gasteiger partial charge in [-0.05, 0) is 18.2 Å². The molecule has 1 amide bonds. The first-order valence-electron chi connectivity index (χ1n) is 5.26. The fourth-order valence-electron chi connectivity index (χ4n) is 1.41. The molecule has 1 aromatic rings. The number of hydrogen-bond acceptors (Lipinski definition) is 3. The maximum absolute atomic E-state index is 12.1. The summed E-state index contributed by atoms with van der Waals surface area (Å²) in [5, 5.41) is 8.58. The predicted molar refractivity (Wildman–Crippen MR) is 69.9 cm³/mol. The largest absolute Gasteiger partial charge is 0.496 e. The monoisotopic (exact) mass is 315 g/mol. The fourth-order valence-corrected chi connectivity index (χ4v) is 1.75. The average Bonchev–Trinajstić information content (AvgIpc) is 2.34. The lowest BCUT2D eigenvalue weighted by Crippen LogP contribution is -2.29. The zero-order valence-corrected chi connectivity index (χ0v) is 11.7. The van der Waals surface area contributed by atoms with E-state index in [1.807, 2.05) is 0 Å². The second-order valence-corrected chi connectivity index (χ2v) is 4.63. The molecular weight excluding hydrogens is 302 g/mol. The number of nitrogens with zero attached hydrogens (tertiary/aromatic N) is 1. The van der Waals surface area contributed by atoms with Crippen LogP contribution in [0.15, 0.2) is 22.7 Å². The molecule has 0 spiro atoms. The Bertz CT molecular complexity index is 461. The molecule has 0 radical (unpaired) electrons. The molecule has 0 unspecified atom stereocenters. The Morgan fingerprint density at radius 2 is 2.11 bits per heavy atom. The molecule has 1 aromatic carbocycles. The number of carbonyl (C=O) groups is 2. The third kappa shape index (κ3) is 3.73. The summed E-state index contributed by atoms with van der Waals surface area (Å²) in [4.78, 5) is 23.9. The van der Waals surface area contributed by atoms with E-state index in [9.17, 15) is 9.59 Å². The molecule has 98 valence electrons. The van der Waals surface area contributed by atoms with Crippen LogP contribution in [-0.4, -0.2) is 42.6 Å². The van der Waals surface area contributed by atoms with Crippen molar-refractivity contribution in [2.24, 2.45) is 0 Å². The second kappa shape index (κ2) is 6.39. The van der Waals surface area contributed by atoms with Crippen molar-refractivity contribution in [1.82, 2.24) is 4.90 Å². The first kappa shape index (κ1) is 14.5. The minimum atomic E-state index is -0.933. The van der Waals surface area contributed by atoms with Gasteiger partial charge in [0.05, 0.1) is 19.1 Å². The summed E-state index contributed by atoms with van der Waals surface area (Å²) in [5.74, 6) is -0.741. The van der Waals surface area contributed by atoms with E-state index in [-0.39, 0.29) is 18.9 Å². The summed E-state index contributed by atoms with van der Waals surface area (Å²) in [6, 6.07) is 5.07. The van der Waals surface area contributed by atoms with Gasteiger partial charge in [0.25, 0.3) is 5.91 Å². The maximum Gasteiger partial charge on any atom is 0.305 e. The Morgan fingerprint density at radius 1 is 1.44 bits per heavy atom. The topological polar surface area (TPSA) is 66.8 Å². The Hall–Kier alpha value is -1.56. The van der Waals surface area contributed by atoms with Crippen molar-refractivity contribution >= 4 is 27.8 Å². The van der Waals surface area contributed by atoms with Crippen LogP contribution < -0.4 is 4.74 Å². The van der Waals surface area contributed by atoms with Gasteiger partial charge in [0.2, 0.25) is 0 Å². The molecule has 0 fully saturated rings. The standard InChI is InChI=1S/C12H14BrNO4/c1-14(6-5-11(15)16)12(17)9-4-3-8(13)7-10(9)18-2/h3-4,7H,5-6H2,1-2H3,(H,15,16).